The Balaban J connectivity index is 3.01. The minimum Gasteiger partial charge on any atom is -0.391 e. The van der Waals surface area contributed by atoms with Crippen molar-refractivity contribution in [3.63, 3.8) is 0 Å². The van der Waals surface area contributed by atoms with Crippen molar-refractivity contribution in [2.24, 2.45) is 5.73 Å². The summed E-state index contributed by atoms with van der Waals surface area (Å²) in [5.41, 5.74) is 5.29. The quantitative estimate of drug-likeness (QED) is 0.719. The number of aromatic nitrogens is 1. The molecule has 72 valence electrons. The smallest absolute Gasteiger partial charge is 0.149 e. The third-order valence-corrected chi connectivity index (χ3v) is 1.67. The number of aliphatic hydroxyl groups excluding tert-OH is 1. The molecule has 0 spiro atoms. The Kier molecular flexibility index (Phi) is 2.90. The number of pyridine rings is 1. The summed E-state index contributed by atoms with van der Waals surface area (Å²) in [6, 6.07) is -0.245. The van der Waals surface area contributed by atoms with Gasteiger partial charge in [-0.1, -0.05) is 0 Å². The Morgan fingerprint density at radius 1 is 1.54 bits per heavy atom. The first-order chi connectivity index (χ1) is 6.02. The van der Waals surface area contributed by atoms with Gasteiger partial charge in [0.1, 0.15) is 11.6 Å². The van der Waals surface area contributed by atoms with Gasteiger partial charge in [-0.05, 0) is 6.92 Å². The lowest BCUT2D eigenvalue weighted by Gasteiger charge is -2.14. The number of aliphatic hydroxyl groups is 1. The second-order valence-corrected chi connectivity index (χ2v) is 2.79. The van der Waals surface area contributed by atoms with Gasteiger partial charge in [-0.25, -0.2) is 8.78 Å². The molecule has 0 aliphatic rings. The van der Waals surface area contributed by atoms with Gasteiger partial charge in [0.05, 0.1) is 24.0 Å². The van der Waals surface area contributed by atoms with Crippen molar-refractivity contribution in [2.45, 2.75) is 19.1 Å². The third kappa shape index (κ3) is 2.19. The van der Waals surface area contributed by atoms with E-state index in [2.05, 4.69) is 4.98 Å². The van der Waals surface area contributed by atoms with Gasteiger partial charge in [-0.15, -0.1) is 0 Å². The molecule has 1 aromatic rings. The SMILES string of the molecule is CC(O)[C@H](N)c1ncc(F)cc1F. The summed E-state index contributed by atoms with van der Waals surface area (Å²) in [7, 11) is 0. The van der Waals surface area contributed by atoms with Gasteiger partial charge in [-0.2, -0.15) is 0 Å². The van der Waals surface area contributed by atoms with Crippen LogP contribution in [0.4, 0.5) is 8.78 Å². The molecular weight excluding hydrogens is 178 g/mol. The molecule has 0 aliphatic heterocycles. The molecule has 0 fully saturated rings. The predicted octanol–water partition coefficient (Wildman–Crippen LogP) is 0.740. The first-order valence-corrected chi connectivity index (χ1v) is 3.77. The maximum absolute atomic E-state index is 13.0. The Morgan fingerprint density at radius 3 is 2.62 bits per heavy atom. The molecule has 1 aromatic heterocycles. The fourth-order valence-corrected chi connectivity index (χ4v) is 0.899. The molecule has 1 heterocycles. The first kappa shape index (κ1) is 10.0. The van der Waals surface area contributed by atoms with Gasteiger partial charge in [-0.3, -0.25) is 4.98 Å². The molecule has 0 amide bonds. The zero-order valence-corrected chi connectivity index (χ0v) is 7.04. The Bertz CT molecular complexity index is 304. The molecular formula is C8H10F2N2O. The van der Waals surface area contributed by atoms with Crippen molar-refractivity contribution in [3.8, 4) is 0 Å². The normalized spacial score (nSPS) is 15.5. The van der Waals surface area contributed by atoms with Crippen molar-refractivity contribution in [1.82, 2.24) is 4.98 Å². The molecule has 2 atom stereocenters. The van der Waals surface area contributed by atoms with Crippen molar-refractivity contribution >= 4 is 0 Å². The second kappa shape index (κ2) is 3.76. The van der Waals surface area contributed by atoms with Crippen LogP contribution in [0, 0.1) is 11.6 Å². The Hall–Kier alpha value is -1.07. The van der Waals surface area contributed by atoms with Crippen molar-refractivity contribution in [3.05, 3.63) is 29.6 Å². The van der Waals surface area contributed by atoms with E-state index >= 15 is 0 Å². The lowest BCUT2D eigenvalue weighted by Crippen LogP contribution is -2.25. The molecule has 0 radical (unpaired) electrons. The van der Waals surface area contributed by atoms with Gasteiger partial charge in [0.25, 0.3) is 0 Å². The summed E-state index contributed by atoms with van der Waals surface area (Å²) in [5.74, 6) is -1.60. The predicted molar refractivity (Wildman–Crippen MR) is 42.8 cm³/mol. The second-order valence-electron chi connectivity index (χ2n) is 2.79. The largest absolute Gasteiger partial charge is 0.391 e. The van der Waals surface area contributed by atoms with E-state index in [0.29, 0.717) is 6.07 Å². The summed E-state index contributed by atoms with van der Waals surface area (Å²) < 4.78 is 25.4. The van der Waals surface area contributed by atoms with E-state index < -0.39 is 23.8 Å². The number of nitrogens with two attached hydrogens (primary N) is 1. The zero-order valence-electron chi connectivity index (χ0n) is 7.04. The molecule has 13 heavy (non-hydrogen) atoms. The fraction of sp³-hybridized carbons (Fsp3) is 0.375. The van der Waals surface area contributed by atoms with E-state index in [-0.39, 0.29) is 5.69 Å². The maximum Gasteiger partial charge on any atom is 0.149 e. The van der Waals surface area contributed by atoms with Gasteiger partial charge >= 0.3 is 0 Å². The van der Waals surface area contributed by atoms with Crippen LogP contribution in [0.2, 0.25) is 0 Å². The summed E-state index contributed by atoms with van der Waals surface area (Å²) >= 11 is 0. The molecule has 1 unspecified atom stereocenters. The van der Waals surface area contributed by atoms with E-state index in [9.17, 15) is 8.78 Å². The number of hydrogen-bond acceptors (Lipinski definition) is 3. The van der Waals surface area contributed by atoms with Crippen LogP contribution < -0.4 is 5.73 Å². The highest BCUT2D eigenvalue weighted by Gasteiger charge is 2.18. The highest BCUT2D eigenvalue weighted by Crippen LogP contribution is 2.15. The zero-order chi connectivity index (χ0) is 10.0. The summed E-state index contributed by atoms with van der Waals surface area (Å²) in [6.07, 6.45) is -0.0619. The molecule has 0 bridgehead atoms. The average Bonchev–Trinajstić information content (AvgIpc) is 2.03. The van der Waals surface area contributed by atoms with Gasteiger partial charge in [0.2, 0.25) is 0 Å². The third-order valence-electron chi connectivity index (χ3n) is 1.67. The Morgan fingerprint density at radius 2 is 2.15 bits per heavy atom. The minimum atomic E-state index is -0.930. The topological polar surface area (TPSA) is 59.1 Å². The van der Waals surface area contributed by atoms with Crippen LogP contribution in [0.3, 0.4) is 0 Å². The summed E-state index contributed by atoms with van der Waals surface area (Å²) in [6.45, 7) is 1.41. The van der Waals surface area contributed by atoms with Gasteiger partial charge in [0.15, 0.2) is 0 Å². The molecule has 0 saturated heterocycles. The molecule has 5 heteroatoms. The number of halogens is 2. The number of nitrogens with zero attached hydrogens (tertiary/aromatic N) is 1. The molecule has 0 aromatic carbocycles. The van der Waals surface area contributed by atoms with E-state index in [0.717, 1.165) is 6.20 Å². The standard InChI is InChI=1S/C8H10F2N2O/c1-4(13)7(11)8-6(10)2-5(9)3-12-8/h2-4,7,13H,11H2,1H3/t4?,7-/m0/s1. The van der Waals surface area contributed by atoms with E-state index in [1.54, 1.807) is 0 Å². The van der Waals surface area contributed by atoms with Crippen molar-refractivity contribution in [2.75, 3.05) is 0 Å². The lowest BCUT2D eigenvalue weighted by atomic mass is 10.1. The maximum atomic E-state index is 13.0. The van der Waals surface area contributed by atoms with Crippen LogP contribution in [0.5, 0.6) is 0 Å². The van der Waals surface area contributed by atoms with E-state index in [1.807, 2.05) is 0 Å². The molecule has 0 saturated carbocycles. The molecule has 3 N–H and O–H groups in total. The Labute approximate surface area is 74.2 Å². The fourth-order valence-electron chi connectivity index (χ4n) is 0.899. The monoisotopic (exact) mass is 188 g/mol. The molecule has 3 nitrogen and oxygen atoms in total. The average molecular weight is 188 g/mol. The van der Waals surface area contributed by atoms with Crippen molar-refractivity contribution < 1.29 is 13.9 Å². The van der Waals surface area contributed by atoms with Crippen molar-refractivity contribution in [1.29, 1.82) is 0 Å². The first-order valence-electron chi connectivity index (χ1n) is 3.77. The number of hydrogen-bond donors (Lipinski definition) is 2. The van der Waals surface area contributed by atoms with Crippen LogP contribution in [-0.2, 0) is 0 Å². The summed E-state index contributed by atoms with van der Waals surface area (Å²) in [4.78, 5) is 3.46. The highest BCUT2D eigenvalue weighted by atomic mass is 19.1. The number of rotatable bonds is 2. The highest BCUT2D eigenvalue weighted by molar-refractivity contribution is 5.13. The van der Waals surface area contributed by atoms with Crippen LogP contribution in [0.15, 0.2) is 12.3 Å². The summed E-state index contributed by atoms with van der Waals surface area (Å²) in [5, 5.41) is 9.04. The van der Waals surface area contributed by atoms with Crippen LogP contribution in [-0.4, -0.2) is 16.2 Å². The minimum absolute atomic E-state index is 0.128. The lowest BCUT2D eigenvalue weighted by molar-refractivity contribution is 0.160. The van der Waals surface area contributed by atoms with Crippen LogP contribution in [0.25, 0.3) is 0 Å². The van der Waals surface area contributed by atoms with Gasteiger partial charge in [0, 0.05) is 6.07 Å². The van der Waals surface area contributed by atoms with Gasteiger partial charge < -0.3 is 10.8 Å². The molecule has 1 rings (SSSR count). The van der Waals surface area contributed by atoms with Crippen LogP contribution >= 0.6 is 0 Å². The van der Waals surface area contributed by atoms with E-state index in [4.69, 9.17) is 10.8 Å². The molecule has 0 aliphatic carbocycles. The van der Waals surface area contributed by atoms with Crippen LogP contribution in [0.1, 0.15) is 18.7 Å². The van der Waals surface area contributed by atoms with E-state index in [1.165, 1.54) is 6.92 Å².